The van der Waals surface area contributed by atoms with Gasteiger partial charge in [0.05, 0.1) is 23.6 Å². The van der Waals surface area contributed by atoms with Gasteiger partial charge in [0, 0.05) is 36.6 Å². The van der Waals surface area contributed by atoms with E-state index in [9.17, 15) is 13.5 Å². The summed E-state index contributed by atoms with van der Waals surface area (Å²) in [7, 11) is -3.15. The van der Waals surface area contributed by atoms with Crippen molar-refractivity contribution in [3.05, 3.63) is 23.1 Å². The van der Waals surface area contributed by atoms with Gasteiger partial charge in [-0.05, 0) is 31.7 Å². The zero-order chi connectivity index (χ0) is 19.9. The topological polar surface area (TPSA) is 108 Å². The van der Waals surface area contributed by atoms with E-state index in [0.717, 1.165) is 30.3 Å². The molecule has 3 heterocycles. The molecule has 2 aromatic heterocycles. The van der Waals surface area contributed by atoms with Gasteiger partial charge in [-0.15, -0.1) is 0 Å². The van der Waals surface area contributed by atoms with Crippen molar-refractivity contribution in [2.24, 2.45) is 0 Å². The maximum absolute atomic E-state index is 11.7. The van der Waals surface area contributed by atoms with Gasteiger partial charge in [-0.25, -0.2) is 27.7 Å². The highest BCUT2D eigenvalue weighted by Gasteiger charge is 2.30. The fourth-order valence-electron chi connectivity index (χ4n) is 4.13. The van der Waals surface area contributed by atoms with Gasteiger partial charge >= 0.3 is 0 Å². The molecule has 1 aliphatic carbocycles. The van der Waals surface area contributed by atoms with Crippen LogP contribution in [0.25, 0.3) is 10.9 Å². The van der Waals surface area contributed by atoms with Crippen LogP contribution in [0.15, 0.2) is 12.3 Å². The van der Waals surface area contributed by atoms with E-state index < -0.39 is 16.1 Å². The summed E-state index contributed by atoms with van der Waals surface area (Å²) < 4.78 is 24.8. The van der Waals surface area contributed by atoms with Crippen molar-refractivity contribution in [2.45, 2.75) is 50.2 Å². The normalized spacial score (nSPS) is 24.7. The minimum Gasteiger partial charge on any atom is -0.392 e. The average molecular weight is 426 g/mol. The molecule has 2 N–H and O–H groups in total. The number of hydrogen-bond acceptors (Lipinski definition) is 7. The predicted octanol–water partition coefficient (Wildman–Crippen LogP) is 2.14. The lowest BCUT2D eigenvalue weighted by atomic mass is 9.99. The van der Waals surface area contributed by atoms with Crippen molar-refractivity contribution in [3.63, 3.8) is 0 Å². The monoisotopic (exact) mass is 425 g/mol. The number of halogens is 1. The zero-order valence-corrected chi connectivity index (χ0v) is 17.2. The van der Waals surface area contributed by atoms with Gasteiger partial charge in [0.15, 0.2) is 0 Å². The molecule has 2 aliphatic rings. The van der Waals surface area contributed by atoms with E-state index in [2.05, 4.69) is 20.3 Å². The summed E-state index contributed by atoms with van der Waals surface area (Å²) in [5, 5.41) is 14.8. The van der Waals surface area contributed by atoms with E-state index in [-0.39, 0.29) is 12.0 Å². The molecule has 8 nitrogen and oxygen atoms in total. The van der Waals surface area contributed by atoms with Crippen LogP contribution in [0.1, 0.15) is 43.7 Å². The molecule has 0 radical (unpaired) electrons. The summed E-state index contributed by atoms with van der Waals surface area (Å²) in [6, 6.07) is 1.84. The molecule has 10 heteroatoms. The molecular formula is C18H24ClN5O3S. The predicted molar refractivity (Wildman–Crippen MR) is 108 cm³/mol. The molecular weight excluding hydrogens is 402 g/mol. The van der Waals surface area contributed by atoms with Crippen LogP contribution in [0.4, 0.5) is 5.95 Å². The molecule has 1 saturated carbocycles. The van der Waals surface area contributed by atoms with E-state index in [0.29, 0.717) is 42.5 Å². The zero-order valence-electron chi connectivity index (χ0n) is 15.7. The number of aromatic nitrogens is 3. The number of rotatable bonds is 4. The molecule has 0 spiro atoms. The molecule has 0 bridgehead atoms. The van der Waals surface area contributed by atoms with Gasteiger partial charge in [0.25, 0.3) is 0 Å². The van der Waals surface area contributed by atoms with Gasteiger partial charge in [0.1, 0.15) is 5.15 Å². The summed E-state index contributed by atoms with van der Waals surface area (Å²) in [4.78, 5) is 13.5. The van der Waals surface area contributed by atoms with Gasteiger partial charge < -0.3 is 10.4 Å². The lowest BCUT2D eigenvalue weighted by molar-refractivity contribution is 0.163. The number of fused-ring (bicyclic) bond motifs is 1. The summed E-state index contributed by atoms with van der Waals surface area (Å²) in [5.41, 5.74) is 1.44. The van der Waals surface area contributed by atoms with Crippen molar-refractivity contribution < 1.29 is 13.5 Å². The Labute approximate surface area is 169 Å². The Morgan fingerprint density at radius 1 is 1.21 bits per heavy atom. The molecule has 4 rings (SSSR count). The molecule has 0 amide bonds. The van der Waals surface area contributed by atoms with Gasteiger partial charge in [-0.2, -0.15) is 0 Å². The standard InChI is InChI=1S/C18H24ClN5O3S/c1-28(26,27)24-7-5-12(6-8-24)21-18-20-10-11-9-15(19)22-17(16(11)23-18)13-3-2-4-14(13)25/h9-10,12-14,25H,2-8H2,1H3,(H,20,21,23)/t13-,14-/m1/s1. The highest BCUT2D eigenvalue weighted by Crippen LogP contribution is 2.37. The molecule has 0 aromatic carbocycles. The van der Waals surface area contributed by atoms with Gasteiger partial charge in [0.2, 0.25) is 16.0 Å². The molecule has 152 valence electrons. The number of nitrogens with one attached hydrogen (secondary N) is 1. The van der Waals surface area contributed by atoms with Crippen LogP contribution in [0.3, 0.4) is 0 Å². The Morgan fingerprint density at radius 2 is 1.96 bits per heavy atom. The maximum atomic E-state index is 11.7. The molecule has 2 aromatic rings. The summed E-state index contributed by atoms with van der Waals surface area (Å²) in [6.45, 7) is 0.974. The van der Waals surface area contributed by atoms with E-state index in [1.54, 1.807) is 12.3 Å². The quantitative estimate of drug-likeness (QED) is 0.722. The second-order valence-electron chi connectivity index (χ2n) is 7.65. The minimum absolute atomic E-state index is 0.0676. The Bertz CT molecular complexity index is 979. The highest BCUT2D eigenvalue weighted by molar-refractivity contribution is 7.88. The minimum atomic E-state index is -3.15. The Kier molecular flexibility index (Phi) is 5.43. The van der Waals surface area contributed by atoms with Crippen LogP contribution in [-0.2, 0) is 10.0 Å². The number of sulfonamides is 1. The Hall–Kier alpha value is -1.55. The van der Waals surface area contributed by atoms with Crippen LogP contribution in [0, 0.1) is 0 Å². The Balaban J connectivity index is 1.57. The smallest absolute Gasteiger partial charge is 0.223 e. The number of hydrogen-bond donors (Lipinski definition) is 2. The van der Waals surface area contributed by atoms with Gasteiger partial charge in [-0.3, -0.25) is 0 Å². The lowest BCUT2D eigenvalue weighted by Crippen LogP contribution is -2.42. The fourth-order valence-corrected chi connectivity index (χ4v) is 5.22. The molecule has 2 atom stereocenters. The van der Waals surface area contributed by atoms with Crippen LogP contribution >= 0.6 is 11.6 Å². The first-order valence-electron chi connectivity index (χ1n) is 9.54. The van der Waals surface area contributed by atoms with Gasteiger partial charge in [-0.1, -0.05) is 18.0 Å². The second kappa shape index (κ2) is 7.70. The SMILES string of the molecule is CS(=O)(=O)N1CCC(Nc2ncc3cc(Cl)nc([C@@H]4CCC[C@H]4O)c3n2)CC1. The first-order chi connectivity index (χ1) is 13.3. The van der Waals surface area contributed by atoms with Crippen LogP contribution in [0.5, 0.6) is 0 Å². The van der Waals surface area contributed by atoms with Crippen molar-refractivity contribution in [1.29, 1.82) is 0 Å². The van der Waals surface area contributed by atoms with Crippen molar-refractivity contribution >= 4 is 38.5 Å². The third-order valence-electron chi connectivity index (χ3n) is 5.65. The molecule has 28 heavy (non-hydrogen) atoms. The number of aliphatic hydroxyl groups is 1. The van der Waals surface area contributed by atoms with E-state index in [1.807, 2.05) is 0 Å². The maximum Gasteiger partial charge on any atom is 0.223 e. The molecule has 2 fully saturated rings. The number of aliphatic hydroxyl groups excluding tert-OH is 1. The summed E-state index contributed by atoms with van der Waals surface area (Å²) in [5.74, 6) is 0.421. The molecule has 1 aliphatic heterocycles. The number of nitrogens with zero attached hydrogens (tertiary/aromatic N) is 4. The summed E-state index contributed by atoms with van der Waals surface area (Å²) >= 11 is 6.18. The lowest BCUT2D eigenvalue weighted by Gasteiger charge is -2.30. The number of piperidine rings is 1. The van der Waals surface area contributed by atoms with Crippen molar-refractivity contribution in [3.8, 4) is 0 Å². The fraction of sp³-hybridized carbons (Fsp3) is 0.611. The number of pyridine rings is 1. The third kappa shape index (κ3) is 4.07. The first-order valence-corrected chi connectivity index (χ1v) is 11.8. The average Bonchev–Trinajstić information content (AvgIpc) is 3.07. The second-order valence-corrected chi connectivity index (χ2v) is 10.0. The Morgan fingerprint density at radius 3 is 2.61 bits per heavy atom. The van der Waals surface area contributed by atoms with Crippen molar-refractivity contribution in [2.75, 3.05) is 24.7 Å². The van der Waals surface area contributed by atoms with E-state index in [4.69, 9.17) is 11.6 Å². The van der Waals surface area contributed by atoms with E-state index in [1.165, 1.54) is 10.6 Å². The summed E-state index contributed by atoms with van der Waals surface area (Å²) in [6.07, 6.45) is 6.50. The first kappa shape index (κ1) is 19.8. The van der Waals surface area contributed by atoms with Crippen molar-refractivity contribution in [1.82, 2.24) is 19.3 Å². The third-order valence-corrected chi connectivity index (χ3v) is 7.15. The van der Waals surface area contributed by atoms with Crippen LogP contribution < -0.4 is 5.32 Å². The van der Waals surface area contributed by atoms with Crippen LogP contribution in [0.2, 0.25) is 5.15 Å². The largest absolute Gasteiger partial charge is 0.392 e. The highest BCUT2D eigenvalue weighted by atomic mass is 35.5. The molecule has 0 unspecified atom stereocenters. The van der Waals surface area contributed by atoms with E-state index >= 15 is 0 Å². The molecule has 1 saturated heterocycles. The number of anilines is 1. The van der Waals surface area contributed by atoms with Crippen LogP contribution in [-0.4, -0.2) is 64.3 Å².